The third-order valence-electron chi connectivity index (χ3n) is 2.43. The SMILES string of the molecule is O=c1c(Br)c(Br)cnn1Cc1ccc(OC(F)(F)F)cc1. The van der Waals surface area contributed by atoms with E-state index in [1.165, 1.54) is 35.1 Å². The maximum Gasteiger partial charge on any atom is 0.573 e. The van der Waals surface area contributed by atoms with Gasteiger partial charge >= 0.3 is 6.36 Å². The van der Waals surface area contributed by atoms with Crippen LogP contribution < -0.4 is 10.3 Å². The molecule has 0 saturated heterocycles. The Balaban J connectivity index is 2.18. The second-order valence-corrected chi connectivity index (χ2v) is 5.61. The lowest BCUT2D eigenvalue weighted by atomic mass is 10.2. The van der Waals surface area contributed by atoms with Crippen molar-refractivity contribution in [2.75, 3.05) is 0 Å². The molecule has 9 heteroatoms. The Morgan fingerprint density at radius 2 is 1.81 bits per heavy atom. The zero-order valence-electron chi connectivity index (χ0n) is 10.2. The molecule has 21 heavy (non-hydrogen) atoms. The lowest BCUT2D eigenvalue weighted by molar-refractivity contribution is -0.274. The summed E-state index contributed by atoms with van der Waals surface area (Å²) in [7, 11) is 0. The van der Waals surface area contributed by atoms with Crippen molar-refractivity contribution in [3.8, 4) is 5.75 Å². The van der Waals surface area contributed by atoms with E-state index in [2.05, 4.69) is 41.7 Å². The number of nitrogens with zero attached hydrogens (tertiary/aromatic N) is 2. The molecule has 0 atom stereocenters. The van der Waals surface area contributed by atoms with Gasteiger partial charge in [0.2, 0.25) is 0 Å². The molecule has 0 N–H and O–H groups in total. The molecule has 0 saturated carbocycles. The highest BCUT2D eigenvalue weighted by Gasteiger charge is 2.30. The summed E-state index contributed by atoms with van der Waals surface area (Å²) in [6.45, 7) is 0.136. The van der Waals surface area contributed by atoms with Gasteiger partial charge in [-0.1, -0.05) is 12.1 Å². The van der Waals surface area contributed by atoms with Gasteiger partial charge in [-0.2, -0.15) is 5.10 Å². The Kier molecular flexibility index (Phi) is 4.72. The van der Waals surface area contributed by atoms with Crippen LogP contribution >= 0.6 is 31.9 Å². The van der Waals surface area contributed by atoms with Gasteiger partial charge in [0.25, 0.3) is 5.56 Å². The summed E-state index contributed by atoms with van der Waals surface area (Å²) in [5, 5.41) is 3.93. The van der Waals surface area contributed by atoms with Crippen LogP contribution in [0.15, 0.2) is 44.2 Å². The summed E-state index contributed by atoms with van der Waals surface area (Å²) < 4.78 is 41.9. The first-order valence-corrected chi connectivity index (χ1v) is 7.10. The first kappa shape index (κ1) is 16.0. The number of hydrogen-bond donors (Lipinski definition) is 0. The molecule has 0 fully saturated rings. The zero-order chi connectivity index (χ0) is 15.6. The Morgan fingerprint density at radius 3 is 2.38 bits per heavy atom. The molecule has 0 radical (unpaired) electrons. The van der Waals surface area contributed by atoms with Crippen LogP contribution in [0.3, 0.4) is 0 Å². The minimum atomic E-state index is -4.73. The van der Waals surface area contributed by atoms with Crippen LogP contribution in [0.25, 0.3) is 0 Å². The number of aromatic nitrogens is 2. The van der Waals surface area contributed by atoms with Crippen LogP contribution in [0.2, 0.25) is 0 Å². The molecule has 0 aliphatic heterocycles. The topological polar surface area (TPSA) is 44.1 Å². The zero-order valence-corrected chi connectivity index (χ0v) is 13.4. The van der Waals surface area contributed by atoms with Crippen molar-refractivity contribution in [3.05, 3.63) is 55.3 Å². The van der Waals surface area contributed by atoms with Gasteiger partial charge in [-0.25, -0.2) is 4.68 Å². The van der Waals surface area contributed by atoms with Gasteiger partial charge in [-0.15, -0.1) is 13.2 Å². The van der Waals surface area contributed by atoms with E-state index in [0.29, 0.717) is 14.5 Å². The predicted octanol–water partition coefficient (Wildman–Crippen LogP) is 3.72. The molecular formula is C12H7Br2F3N2O2. The van der Waals surface area contributed by atoms with Crippen molar-refractivity contribution < 1.29 is 17.9 Å². The summed E-state index contributed by atoms with van der Waals surface area (Å²) in [6, 6.07) is 5.24. The monoisotopic (exact) mass is 426 g/mol. The Labute approximate surface area is 133 Å². The summed E-state index contributed by atoms with van der Waals surface area (Å²) in [6.07, 6.45) is -3.27. The summed E-state index contributed by atoms with van der Waals surface area (Å²) in [4.78, 5) is 11.9. The van der Waals surface area contributed by atoms with E-state index in [9.17, 15) is 18.0 Å². The molecule has 4 nitrogen and oxygen atoms in total. The van der Waals surface area contributed by atoms with Crippen molar-refractivity contribution in [1.29, 1.82) is 0 Å². The number of ether oxygens (including phenoxy) is 1. The van der Waals surface area contributed by atoms with Crippen LogP contribution in [0.4, 0.5) is 13.2 Å². The molecular weight excluding hydrogens is 421 g/mol. The molecule has 0 bridgehead atoms. The lowest BCUT2D eigenvalue weighted by Gasteiger charge is -2.10. The molecule has 2 rings (SSSR count). The van der Waals surface area contributed by atoms with E-state index in [0.717, 1.165) is 0 Å². The summed E-state index contributed by atoms with van der Waals surface area (Å²) in [5.74, 6) is -0.316. The fourth-order valence-corrected chi connectivity index (χ4v) is 2.10. The lowest BCUT2D eigenvalue weighted by Crippen LogP contribution is -2.24. The third-order valence-corrected chi connectivity index (χ3v) is 4.33. The number of benzene rings is 1. The molecule has 0 aliphatic carbocycles. The van der Waals surface area contributed by atoms with Gasteiger partial charge in [0, 0.05) is 0 Å². The van der Waals surface area contributed by atoms with E-state index in [-0.39, 0.29) is 17.9 Å². The quantitative estimate of drug-likeness (QED) is 0.749. The second kappa shape index (κ2) is 6.18. The van der Waals surface area contributed by atoms with E-state index in [1.807, 2.05) is 0 Å². The van der Waals surface area contributed by atoms with E-state index in [1.54, 1.807) is 0 Å². The summed E-state index contributed by atoms with van der Waals surface area (Å²) in [5.41, 5.74) is 0.272. The molecule has 1 aromatic carbocycles. The average molecular weight is 428 g/mol. The fourth-order valence-electron chi connectivity index (χ4n) is 1.53. The highest BCUT2D eigenvalue weighted by Crippen LogP contribution is 2.23. The van der Waals surface area contributed by atoms with Crippen molar-refractivity contribution >= 4 is 31.9 Å². The smallest absolute Gasteiger partial charge is 0.406 e. The molecule has 0 spiro atoms. The number of halogens is 5. The number of alkyl halides is 3. The summed E-state index contributed by atoms with van der Waals surface area (Å²) >= 11 is 6.28. The molecule has 1 heterocycles. The Morgan fingerprint density at radius 1 is 1.19 bits per heavy atom. The normalized spacial score (nSPS) is 11.5. The maximum atomic E-state index is 12.0. The van der Waals surface area contributed by atoms with Gasteiger partial charge in [-0.3, -0.25) is 4.79 Å². The number of rotatable bonds is 3. The standard InChI is InChI=1S/C12H7Br2F3N2O2/c13-9-5-18-19(11(20)10(9)14)6-7-1-3-8(4-2-7)21-12(15,16)17/h1-5H,6H2. The van der Waals surface area contributed by atoms with Crippen LogP contribution in [0, 0.1) is 0 Å². The van der Waals surface area contributed by atoms with Crippen molar-refractivity contribution in [3.63, 3.8) is 0 Å². The van der Waals surface area contributed by atoms with E-state index >= 15 is 0 Å². The molecule has 0 aliphatic rings. The van der Waals surface area contributed by atoms with Gasteiger partial charge in [-0.05, 0) is 49.6 Å². The molecule has 112 valence electrons. The first-order chi connectivity index (χ1) is 9.76. The van der Waals surface area contributed by atoms with Crippen LogP contribution in [0.5, 0.6) is 5.75 Å². The van der Waals surface area contributed by atoms with Gasteiger partial charge < -0.3 is 4.74 Å². The second-order valence-electron chi connectivity index (χ2n) is 3.96. The molecule has 0 unspecified atom stereocenters. The van der Waals surface area contributed by atoms with Gasteiger partial charge in [0.15, 0.2) is 0 Å². The molecule has 1 aromatic heterocycles. The maximum absolute atomic E-state index is 12.0. The highest BCUT2D eigenvalue weighted by molar-refractivity contribution is 9.13. The average Bonchev–Trinajstić information content (AvgIpc) is 2.40. The third kappa shape index (κ3) is 4.31. The Hall–Kier alpha value is -1.35. The van der Waals surface area contributed by atoms with Crippen LogP contribution in [-0.4, -0.2) is 16.1 Å². The predicted molar refractivity (Wildman–Crippen MR) is 76.1 cm³/mol. The van der Waals surface area contributed by atoms with Crippen molar-refractivity contribution in [2.45, 2.75) is 12.9 Å². The van der Waals surface area contributed by atoms with E-state index < -0.39 is 6.36 Å². The van der Waals surface area contributed by atoms with Crippen LogP contribution in [-0.2, 0) is 6.54 Å². The highest BCUT2D eigenvalue weighted by atomic mass is 79.9. The van der Waals surface area contributed by atoms with Gasteiger partial charge in [0.05, 0.1) is 17.2 Å². The fraction of sp³-hybridized carbons (Fsp3) is 0.167. The van der Waals surface area contributed by atoms with Gasteiger partial charge in [0.1, 0.15) is 10.2 Å². The van der Waals surface area contributed by atoms with Crippen molar-refractivity contribution in [1.82, 2.24) is 9.78 Å². The molecule has 2 aromatic rings. The van der Waals surface area contributed by atoms with Crippen LogP contribution in [0.1, 0.15) is 5.56 Å². The van der Waals surface area contributed by atoms with Crippen molar-refractivity contribution in [2.24, 2.45) is 0 Å². The van der Waals surface area contributed by atoms with E-state index in [4.69, 9.17) is 0 Å². The molecule has 0 amide bonds. The largest absolute Gasteiger partial charge is 0.573 e. The minimum absolute atomic E-state index is 0.136. The number of hydrogen-bond acceptors (Lipinski definition) is 3. The minimum Gasteiger partial charge on any atom is -0.406 e. The first-order valence-electron chi connectivity index (χ1n) is 5.52. The Bertz CT molecular complexity index is 699.